The molecule has 1 heterocycles. The topological polar surface area (TPSA) is 72.9 Å². The highest BCUT2D eigenvalue weighted by molar-refractivity contribution is 5.94. The number of benzene rings is 1. The predicted molar refractivity (Wildman–Crippen MR) is 83.7 cm³/mol. The molecule has 1 aromatic rings. The van der Waals surface area contributed by atoms with Crippen molar-refractivity contribution in [1.82, 2.24) is 15.1 Å². The Labute approximate surface area is 130 Å². The summed E-state index contributed by atoms with van der Waals surface area (Å²) < 4.78 is 0. The minimum Gasteiger partial charge on any atom is -0.481 e. The molecule has 0 aromatic heterocycles. The quantitative estimate of drug-likeness (QED) is 0.847. The highest BCUT2D eigenvalue weighted by atomic mass is 16.4. The Morgan fingerprint density at radius 2 is 2.18 bits per heavy atom. The first kappa shape index (κ1) is 16.5. The molecule has 0 saturated carbocycles. The summed E-state index contributed by atoms with van der Waals surface area (Å²) >= 11 is 0. The van der Waals surface area contributed by atoms with E-state index in [1.807, 2.05) is 37.2 Å². The van der Waals surface area contributed by atoms with E-state index < -0.39 is 11.9 Å². The number of rotatable bonds is 4. The molecular weight excluding hydrogens is 282 g/mol. The van der Waals surface area contributed by atoms with Gasteiger partial charge in [0.05, 0.1) is 5.92 Å². The minimum absolute atomic E-state index is 0.101. The van der Waals surface area contributed by atoms with E-state index >= 15 is 0 Å². The molecule has 120 valence electrons. The third-order valence-corrected chi connectivity index (χ3v) is 3.70. The molecule has 1 saturated heterocycles. The second-order valence-electron chi connectivity index (χ2n) is 5.93. The van der Waals surface area contributed by atoms with Crippen LogP contribution in [0.25, 0.3) is 0 Å². The van der Waals surface area contributed by atoms with E-state index in [1.165, 1.54) is 0 Å². The summed E-state index contributed by atoms with van der Waals surface area (Å²) in [6, 6.07) is 7.53. The van der Waals surface area contributed by atoms with E-state index in [0.29, 0.717) is 25.2 Å². The van der Waals surface area contributed by atoms with Crippen LogP contribution in [0.15, 0.2) is 24.3 Å². The van der Waals surface area contributed by atoms with E-state index in [0.717, 1.165) is 12.1 Å². The molecule has 0 aliphatic carbocycles. The van der Waals surface area contributed by atoms with Gasteiger partial charge in [0, 0.05) is 38.3 Å². The van der Waals surface area contributed by atoms with Crippen LogP contribution in [0.4, 0.5) is 0 Å². The maximum absolute atomic E-state index is 12.7. The second-order valence-corrected chi connectivity index (χ2v) is 5.93. The summed E-state index contributed by atoms with van der Waals surface area (Å²) in [5, 5.41) is 12.3. The summed E-state index contributed by atoms with van der Waals surface area (Å²) in [5.41, 5.74) is 1.68. The minimum atomic E-state index is -0.867. The molecule has 6 nitrogen and oxygen atoms in total. The Bertz CT molecular complexity index is 545. The normalized spacial score (nSPS) is 19.0. The molecule has 1 aliphatic rings. The van der Waals surface area contributed by atoms with Gasteiger partial charge in [-0.1, -0.05) is 12.1 Å². The number of nitrogens with one attached hydrogen (secondary N) is 1. The van der Waals surface area contributed by atoms with Gasteiger partial charge in [0.2, 0.25) is 0 Å². The fourth-order valence-corrected chi connectivity index (χ4v) is 2.61. The van der Waals surface area contributed by atoms with Gasteiger partial charge in [0.15, 0.2) is 0 Å². The van der Waals surface area contributed by atoms with Crippen LogP contribution in [0.5, 0.6) is 0 Å². The van der Waals surface area contributed by atoms with Crippen molar-refractivity contribution >= 4 is 11.9 Å². The van der Waals surface area contributed by atoms with Gasteiger partial charge in [0.1, 0.15) is 0 Å². The Balaban J connectivity index is 2.14. The van der Waals surface area contributed by atoms with Crippen LogP contribution >= 0.6 is 0 Å². The first-order valence-electron chi connectivity index (χ1n) is 7.44. The number of carbonyl (C=O) groups is 2. The van der Waals surface area contributed by atoms with Crippen LogP contribution in [-0.4, -0.2) is 67.1 Å². The van der Waals surface area contributed by atoms with Crippen molar-refractivity contribution in [3.8, 4) is 0 Å². The van der Waals surface area contributed by atoms with E-state index in [2.05, 4.69) is 5.32 Å². The number of amides is 1. The van der Waals surface area contributed by atoms with Crippen LogP contribution in [0.2, 0.25) is 0 Å². The molecule has 1 aliphatic heterocycles. The average Bonchev–Trinajstić information content (AvgIpc) is 2.72. The highest BCUT2D eigenvalue weighted by Crippen LogP contribution is 2.13. The third kappa shape index (κ3) is 4.29. The molecule has 0 radical (unpaired) electrons. The number of hydrogen-bond acceptors (Lipinski definition) is 4. The Morgan fingerprint density at radius 3 is 2.86 bits per heavy atom. The molecule has 0 bridgehead atoms. The molecule has 1 aromatic carbocycles. The molecule has 1 amide bonds. The Kier molecular flexibility index (Phi) is 5.51. The smallest absolute Gasteiger partial charge is 0.309 e. The monoisotopic (exact) mass is 305 g/mol. The van der Waals surface area contributed by atoms with Gasteiger partial charge in [-0.15, -0.1) is 0 Å². The average molecular weight is 305 g/mol. The molecule has 0 spiro atoms. The number of nitrogens with zero attached hydrogens (tertiary/aromatic N) is 2. The Morgan fingerprint density at radius 1 is 1.41 bits per heavy atom. The van der Waals surface area contributed by atoms with E-state index in [9.17, 15) is 14.7 Å². The van der Waals surface area contributed by atoms with Crippen LogP contribution in [0.1, 0.15) is 15.9 Å². The lowest BCUT2D eigenvalue weighted by Gasteiger charge is -2.22. The second kappa shape index (κ2) is 7.38. The zero-order chi connectivity index (χ0) is 16.1. The first-order chi connectivity index (χ1) is 10.5. The number of carboxylic acids is 1. The molecule has 2 rings (SSSR count). The van der Waals surface area contributed by atoms with Gasteiger partial charge in [-0.05, 0) is 31.8 Å². The highest BCUT2D eigenvalue weighted by Gasteiger charge is 2.27. The zero-order valence-corrected chi connectivity index (χ0v) is 13.1. The maximum Gasteiger partial charge on any atom is 0.309 e. The SMILES string of the molecule is CN(C)Cc1cccc(C(=O)N2CCNC[C@@H](C(=O)O)C2)c1. The van der Waals surface area contributed by atoms with Crippen molar-refractivity contribution in [1.29, 1.82) is 0 Å². The van der Waals surface area contributed by atoms with Crippen molar-refractivity contribution in [2.45, 2.75) is 6.54 Å². The molecule has 1 fully saturated rings. The fourth-order valence-electron chi connectivity index (χ4n) is 2.61. The summed E-state index contributed by atoms with van der Waals surface area (Å²) in [5.74, 6) is -1.53. The van der Waals surface area contributed by atoms with E-state index in [-0.39, 0.29) is 12.5 Å². The summed E-state index contributed by atoms with van der Waals surface area (Å²) in [7, 11) is 3.96. The van der Waals surface area contributed by atoms with Crippen molar-refractivity contribution in [3.05, 3.63) is 35.4 Å². The van der Waals surface area contributed by atoms with E-state index in [4.69, 9.17) is 0 Å². The Hall–Kier alpha value is -1.92. The standard InChI is InChI=1S/C16H23N3O3/c1-18(2)10-12-4-3-5-13(8-12)15(20)19-7-6-17-9-14(11-19)16(21)22/h3-5,8,14,17H,6-7,9-11H2,1-2H3,(H,21,22)/t14-/m1/s1. The van der Waals surface area contributed by atoms with Crippen LogP contribution in [0.3, 0.4) is 0 Å². The third-order valence-electron chi connectivity index (χ3n) is 3.70. The van der Waals surface area contributed by atoms with Crippen molar-refractivity contribution in [2.75, 3.05) is 40.3 Å². The molecule has 1 atom stereocenters. The summed E-state index contributed by atoms with van der Waals surface area (Å²) in [6.45, 7) is 2.56. The lowest BCUT2D eigenvalue weighted by atomic mass is 10.1. The van der Waals surface area contributed by atoms with E-state index in [1.54, 1.807) is 11.0 Å². The van der Waals surface area contributed by atoms with Gasteiger partial charge in [0.25, 0.3) is 5.91 Å². The molecule has 2 N–H and O–H groups in total. The van der Waals surface area contributed by atoms with Gasteiger partial charge >= 0.3 is 5.97 Å². The molecule has 6 heteroatoms. The van der Waals surface area contributed by atoms with Crippen LogP contribution in [-0.2, 0) is 11.3 Å². The van der Waals surface area contributed by atoms with Crippen molar-refractivity contribution in [2.24, 2.45) is 5.92 Å². The zero-order valence-electron chi connectivity index (χ0n) is 13.1. The van der Waals surface area contributed by atoms with Gasteiger partial charge in [-0.25, -0.2) is 0 Å². The van der Waals surface area contributed by atoms with Gasteiger partial charge in [-0.3, -0.25) is 9.59 Å². The van der Waals surface area contributed by atoms with Crippen LogP contribution in [0, 0.1) is 5.92 Å². The van der Waals surface area contributed by atoms with Gasteiger partial charge in [-0.2, -0.15) is 0 Å². The molecule has 0 unspecified atom stereocenters. The first-order valence-corrected chi connectivity index (χ1v) is 7.44. The van der Waals surface area contributed by atoms with Crippen molar-refractivity contribution < 1.29 is 14.7 Å². The molecular formula is C16H23N3O3. The fraction of sp³-hybridized carbons (Fsp3) is 0.500. The lowest BCUT2D eigenvalue weighted by molar-refractivity contribution is -0.141. The molecule has 22 heavy (non-hydrogen) atoms. The van der Waals surface area contributed by atoms with Crippen LogP contribution < -0.4 is 5.32 Å². The largest absolute Gasteiger partial charge is 0.481 e. The summed E-state index contributed by atoms with van der Waals surface area (Å²) in [4.78, 5) is 27.5. The number of hydrogen-bond donors (Lipinski definition) is 2. The summed E-state index contributed by atoms with van der Waals surface area (Å²) in [6.07, 6.45) is 0. The van der Waals surface area contributed by atoms with Gasteiger partial charge < -0.3 is 20.2 Å². The van der Waals surface area contributed by atoms with Crippen molar-refractivity contribution in [3.63, 3.8) is 0 Å². The maximum atomic E-state index is 12.7. The number of carboxylic acid groups (broad SMARTS) is 1. The number of aliphatic carboxylic acids is 1. The predicted octanol–water partition coefficient (Wildman–Crippen LogP) is 0.494. The lowest BCUT2D eigenvalue weighted by Crippen LogP contribution is -2.38. The number of carbonyl (C=O) groups excluding carboxylic acids is 1.